The Bertz CT molecular complexity index is 468. The first-order valence-electron chi connectivity index (χ1n) is 4.53. The average Bonchev–Trinajstić information content (AvgIpc) is 2.46. The van der Waals surface area contributed by atoms with Crippen molar-refractivity contribution in [3.8, 4) is 0 Å². The third-order valence-corrected chi connectivity index (χ3v) is 3.35. The second kappa shape index (κ2) is 3.77. The van der Waals surface area contributed by atoms with Crippen molar-refractivity contribution in [3.05, 3.63) is 17.0 Å². The van der Waals surface area contributed by atoms with Crippen LogP contribution in [-0.4, -0.2) is 32.1 Å². The van der Waals surface area contributed by atoms with E-state index in [2.05, 4.69) is 10.1 Å². The highest BCUT2D eigenvalue weighted by atomic mass is 35.7. The topological polar surface area (TPSA) is 63.4 Å². The van der Waals surface area contributed by atoms with Crippen molar-refractivity contribution in [1.29, 1.82) is 0 Å². The Kier molecular flexibility index (Phi) is 2.74. The zero-order valence-corrected chi connectivity index (χ0v) is 9.81. The first kappa shape index (κ1) is 10.9. The molecule has 0 aromatic carbocycles. The molecular weight excluding hydrogens is 240 g/mol. The van der Waals surface area contributed by atoms with Crippen LogP contribution in [0.3, 0.4) is 0 Å². The van der Waals surface area contributed by atoms with Crippen LogP contribution in [0.4, 0.5) is 0 Å². The van der Waals surface area contributed by atoms with Crippen molar-refractivity contribution in [3.63, 3.8) is 0 Å². The molecule has 2 rings (SSSR count). The number of hydrogen-bond acceptors (Lipinski definition) is 5. The molecule has 0 bridgehead atoms. The fourth-order valence-electron chi connectivity index (χ4n) is 1.68. The molecule has 1 aliphatic rings. The number of hydrogen-bond donors (Lipinski definition) is 0. The van der Waals surface area contributed by atoms with E-state index in [4.69, 9.17) is 15.2 Å². The van der Waals surface area contributed by atoms with Crippen molar-refractivity contribution >= 4 is 19.7 Å². The zero-order valence-electron chi connectivity index (χ0n) is 8.23. The van der Waals surface area contributed by atoms with Gasteiger partial charge in [0, 0.05) is 35.8 Å². The highest BCUT2D eigenvalue weighted by molar-refractivity contribution is 8.13. The molecule has 7 heteroatoms. The second-order valence-corrected chi connectivity index (χ2v) is 6.48. The summed E-state index contributed by atoms with van der Waals surface area (Å²) in [4.78, 5) is 2.09. The van der Waals surface area contributed by atoms with Crippen LogP contribution in [0.1, 0.15) is 17.0 Å². The fraction of sp³-hybridized carbons (Fsp3) is 0.625. The Morgan fingerprint density at radius 3 is 3.00 bits per heavy atom. The molecule has 5 nitrogen and oxygen atoms in total. The van der Waals surface area contributed by atoms with E-state index in [1.165, 1.54) is 0 Å². The molecular formula is C8H11ClN2O3S. The molecule has 84 valence electrons. The van der Waals surface area contributed by atoms with Crippen LogP contribution >= 0.6 is 10.7 Å². The summed E-state index contributed by atoms with van der Waals surface area (Å²) in [6.45, 7) is 1.57. The molecule has 1 aromatic heterocycles. The van der Waals surface area contributed by atoms with E-state index in [9.17, 15) is 8.42 Å². The molecule has 0 saturated heterocycles. The van der Waals surface area contributed by atoms with Gasteiger partial charge >= 0.3 is 0 Å². The van der Waals surface area contributed by atoms with Gasteiger partial charge in [-0.15, -0.1) is 0 Å². The summed E-state index contributed by atoms with van der Waals surface area (Å²) in [6, 6.07) is 0. The first-order valence-corrected chi connectivity index (χ1v) is 7.01. The van der Waals surface area contributed by atoms with Gasteiger partial charge in [0.1, 0.15) is 17.2 Å². The van der Waals surface area contributed by atoms with Crippen LogP contribution in [0, 0.1) is 0 Å². The SMILES string of the molecule is CN1CCc2onc(CS(=O)(=O)Cl)c2C1. The molecule has 0 unspecified atom stereocenters. The molecule has 1 aromatic rings. The molecule has 0 spiro atoms. The standard InChI is InChI=1S/C8H11ClN2O3S/c1-11-3-2-8-6(4-11)7(10-14-8)5-15(9,12)13/h2-5H2,1H3. The molecule has 0 aliphatic carbocycles. The van der Waals surface area contributed by atoms with Crippen LogP contribution in [0.25, 0.3) is 0 Å². The first-order chi connectivity index (χ1) is 6.96. The van der Waals surface area contributed by atoms with E-state index in [-0.39, 0.29) is 5.75 Å². The van der Waals surface area contributed by atoms with E-state index >= 15 is 0 Å². The molecule has 15 heavy (non-hydrogen) atoms. The second-order valence-electron chi connectivity index (χ2n) is 3.70. The lowest BCUT2D eigenvalue weighted by Crippen LogP contribution is -2.26. The maximum Gasteiger partial charge on any atom is 0.238 e. The van der Waals surface area contributed by atoms with E-state index in [0.29, 0.717) is 12.2 Å². The number of nitrogens with zero attached hydrogens (tertiary/aromatic N) is 2. The van der Waals surface area contributed by atoms with E-state index in [0.717, 1.165) is 24.3 Å². The quantitative estimate of drug-likeness (QED) is 0.724. The molecule has 1 aliphatic heterocycles. The summed E-state index contributed by atoms with van der Waals surface area (Å²) in [7, 11) is 3.58. The monoisotopic (exact) mass is 250 g/mol. The summed E-state index contributed by atoms with van der Waals surface area (Å²) in [5.41, 5.74) is 1.31. The number of rotatable bonds is 2. The molecule has 0 fully saturated rings. The largest absolute Gasteiger partial charge is 0.361 e. The molecule has 0 N–H and O–H groups in total. The van der Waals surface area contributed by atoms with Gasteiger partial charge < -0.3 is 9.42 Å². The predicted molar refractivity (Wildman–Crippen MR) is 55.0 cm³/mol. The number of fused-ring (bicyclic) bond motifs is 1. The van der Waals surface area contributed by atoms with Crippen LogP contribution in [-0.2, 0) is 27.8 Å². The molecule has 0 amide bonds. The number of aromatic nitrogens is 1. The van der Waals surface area contributed by atoms with E-state index in [1.54, 1.807) is 0 Å². The summed E-state index contributed by atoms with van der Waals surface area (Å²) >= 11 is 0. The van der Waals surface area contributed by atoms with Gasteiger partial charge in [-0.05, 0) is 7.05 Å². The highest BCUT2D eigenvalue weighted by Gasteiger charge is 2.24. The van der Waals surface area contributed by atoms with Gasteiger partial charge in [0.2, 0.25) is 9.05 Å². The van der Waals surface area contributed by atoms with Crippen LogP contribution in [0.2, 0.25) is 0 Å². The van der Waals surface area contributed by atoms with Gasteiger partial charge in [0.05, 0.1) is 0 Å². The molecule has 2 heterocycles. The lowest BCUT2D eigenvalue weighted by Gasteiger charge is -2.20. The number of halogens is 1. The Hall–Kier alpha value is -0.590. The normalized spacial score (nSPS) is 17.7. The maximum absolute atomic E-state index is 10.9. The van der Waals surface area contributed by atoms with Crippen molar-refractivity contribution in [2.24, 2.45) is 0 Å². The summed E-state index contributed by atoms with van der Waals surface area (Å²) < 4.78 is 27.0. The fourth-order valence-corrected chi connectivity index (χ4v) is 2.54. The lowest BCUT2D eigenvalue weighted by molar-refractivity contribution is 0.281. The summed E-state index contributed by atoms with van der Waals surface area (Å²) in [6.07, 6.45) is 0.765. The molecule has 0 atom stereocenters. The Morgan fingerprint density at radius 2 is 2.33 bits per heavy atom. The Balaban J connectivity index is 2.31. The van der Waals surface area contributed by atoms with E-state index in [1.807, 2.05) is 7.05 Å². The summed E-state index contributed by atoms with van der Waals surface area (Å²) in [5, 5.41) is 3.75. The lowest BCUT2D eigenvalue weighted by atomic mass is 10.1. The van der Waals surface area contributed by atoms with Crippen molar-refractivity contribution in [2.45, 2.75) is 18.7 Å². The third-order valence-electron chi connectivity index (χ3n) is 2.41. The Labute approximate surface area is 92.4 Å². The van der Waals surface area contributed by atoms with Crippen LogP contribution in [0.15, 0.2) is 4.52 Å². The third kappa shape index (κ3) is 2.50. The van der Waals surface area contributed by atoms with Gasteiger partial charge in [-0.1, -0.05) is 5.16 Å². The van der Waals surface area contributed by atoms with Gasteiger partial charge in [0.15, 0.2) is 0 Å². The number of likely N-dealkylation sites (N-methyl/N-ethyl adjacent to an activating group) is 1. The Morgan fingerprint density at radius 1 is 1.60 bits per heavy atom. The minimum atomic E-state index is -3.57. The average molecular weight is 251 g/mol. The van der Waals surface area contributed by atoms with Gasteiger partial charge in [-0.2, -0.15) is 0 Å². The predicted octanol–water partition coefficient (Wildman–Crippen LogP) is 0.731. The molecule has 0 radical (unpaired) electrons. The van der Waals surface area contributed by atoms with Gasteiger partial charge in [0.25, 0.3) is 0 Å². The highest BCUT2D eigenvalue weighted by Crippen LogP contribution is 2.23. The van der Waals surface area contributed by atoms with Crippen LogP contribution in [0.5, 0.6) is 0 Å². The van der Waals surface area contributed by atoms with Crippen molar-refractivity contribution < 1.29 is 12.9 Å². The van der Waals surface area contributed by atoms with Crippen molar-refractivity contribution in [1.82, 2.24) is 10.1 Å². The zero-order chi connectivity index (χ0) is 11.1. The van der Waals surface area contributed by atoms with Gasteiger partial charge in [-0.3, -0.25) is 0 Å². The maximum atomic E-state index is 10.9. The smallest absolute Gasteiger partial charge is 0.238 e. The minimum Gasteiger partial charge on any atom is -0.361 e. The van der Waals surface area contributed by atoms with Crippen LogP contribution < -0.4 is 0 Å². The van der Waals surface area contributed by atoms with Gasteiger partial charge in [-0.25, -0.2) is 8.42 Å². The molecule has 0 saturated carbocycles. The van der Waals surface area contributed by atoms with Crippen molar-refractivity contribution in [2.75, 3.05) is 13.6 Å². The summed E-state index contributed by atoms with van der Waals surface area (Å²) in [5.74, 6) is 0.518. The van der Waals surface area contributed by atoms with E-state index < -0.39 is 9.05 Å². The minimum absolute atomic E-state index is 0.263.